The summed E-state index contributed by atoms with van der Waals surface area (Å²) in [6.07, 6.45) is 3.03. The number of nitrogens with one attached hydrogen (secondary N) is 1. The van der Waals surface area contributed by atoms with E-state index in [0.29, 0.717) is 74.2 Å². The van der Waals surface area contributed by atoms with Gasteiger partial charge in [-0.1, -0.05) is 30.3 Å². The van der Waals surface area contributed by atoms with E-state index in [1.807, 2.05) is 30.3 Å². The van der Waals surface area contributed by atoms with Gasteiger partial charge in [-0.2, -0.15) is 4.98 Å². The topological polar surface area (TPSA) is 111 Å². The molecule has 5 rings (SSSR count). The van der Waals surface area contributed by atoms with Crippen molar-refractivity contribution < 1.29 is 18.9 Å². The van der Waals surface area contributed by atoms with Gasteiger partial charge in [0.2, 0.25) is 16.8 Å². The van der Waals surface area contributed by atoms with Gasteiger partial charge in [0.05, 0.1) is 12.5 Å². The van der Waals surface area contributed by atoms with Crippen LogP contribution in [0.2, 0.25) is 0 Å². The number of hydrogen-bond donors (Lipinski definition) is 1. The number of hydrogen-bond acceptors (Lipinski definition) is 8. The normalized spacial score (nSPS) is 23.7. The molecule has 4 heterocycles. The smallest absolute Gasteiger partial charge is 0.316 e. The molecule has 1 aromatic carbocycles. The zero-order valence-corrected chi connectivity index (χ0v) is 21.0. The van der Waals surface area contributed by atoms with Crippen molar-refractivity contribution in [3.05, 3.63) is 41.6 Å². The van der Waals surface area contributed by atoms with E-state index in [4.69, 9.17) is 14.7 Å². The van der Waals surface area contributed by atoms with Gasteiger partial charge in [0, 0.05) is 45.6 Å². The number of likely N-dealkylation sites (N-methyl/N-ethyl adjacent to an activating group) is 1. The summed E-state index contributed by atoms with van der Waals surface area (Å²) < 4.78 is 18.0. The molecule has 1 N–H and O–H groups in total. The fraction of sp³-hybridized carbons (Fsp3) is 0.520. The van der Waals surface area contributed by atoms with Crippen LogP contribution in [0.4, 0.5) is 11.8 Å². The molecule has 1 aromatic heterocycles. The Morgan fingerprint density at radius 2 is 1.94 bits per heavy atom. The van der Waals surface area contributed by atoms with E-state index in [9.17, 15) is 14.1 Å². The van der Waals surface area contributed by atoms with E-state index in [2.05, 4.69) is 10.2 Å². The number of methoxy groups -OCH3 is 1. The fourth-order valence-corrected chi connectivity index (χ4v) is 6.71. The monoisotopic (exact) mass is 497 g/mol. The number of benzene rings is 1. The maximum absolute atomic E-state index is 12.9. The first-order chi connectivity index (χ1) is 16.9. The minimum absolute atomic E-state index is 0.0496. The molecule has 2 unspecified atom stereocenters. The molecule has 186 valence electrons. The van der Waals surface area contributed by atoms with Crippen molar-refractivity contribution in [3.8, 4) is 0 Å². The van der Waals surface area contributed by atoms with Gasteiger partial charge in [-0.25, -0.2) is 4.98 Å². The third-order valence-electron chi connectivity index (χ3n) is 7.45. The zero-order valence-electron chi connectivity index (χ0n) is 20.2. The van der Waals surface area contributed by atoms with Crippen LogP contribution in [0.25, 0.3) is 0 Å². The summed E-state index contributed by atoms with van der Waals surface area (Å²) in [6, 6.07) is 9.87. The van der Waals surface area contributed by atoms with Crippen LogP contribution in [0.3, 0.4) is 0 Å². The molecule has 0 spiro atoms. The second-order valence-corrected chi connectivity index (χ2v) is 11.0. The highest BCUT2D eigenvalue weighted by atomic mass is 32.2. The Bertz CT molecular complexity index is 1110. The number of rotatable bonds is 5. The molecule has 3 aliphatic heterocycles. The molecule has 0 bridgehead atoms. The number of ether oxygens (including phenoxy) is 1. The molecular formula is C25H31N5O4S. The number of esters is 1. The Labute approximate surface area is 208 Å². The van der Waals surface area contributed by atoms with E-state index in [1.165, 1.54) is 7.11 Å². The van der Waals surface area contributed by atoms with Gasteiger partial charge >= 0.3 is 5.97 Å². The average molecular weight is 498 g/mol. The van der Waals surface area contributed by atoms with E-state index in [1.54, 1.807) is 11.9 Å². The lowest BCUT2D eigenvalue weighted by Crippen LogP contribution is -2.48. The predicted molar refractivity (Wildman–Crippen MR) is 133 cm³/mol. The van der Waals surface area contributed by atoms with Crippen molar-refractivity contribution in [2.45, 2.75) is 48.5 Å². The lowest BCUT2D eigenvalue weighted by atomic mass is 9.73. The van der Waals surface area contributed by atoms with Crippen molar-refractivity contribution in [2.75, 3.05) is 49.8 Å². The number of aryl methyl sites for hydroxylation is 1. The Morgan fingerprint density at radius 3 is 2.63 bits per heavy atom. The molecule has 2 aromatic rings. The van der Waals surface area contributed by atoms with Gasteiger partial charge in [0.15, 0.2) is 5.82 Å². The average Bonchev–Trinajstić information content (AvgIpc) is 3.27. The first-order valence-corrected chi connectivity index (χ1v) is 13.4. The molecule has 0 saturated carbocycles. The zero-order chi connectivity index (χ0) is 24.6. The Kier molecular flexibility index (Phi) is 6.59. The summed E-state index contributed by atoms with van der Waals surface area (Å²) in [5, 5.41) is 3.47. The van der Waals surface area contributed by atoms with Crippen molar-refractivity contribution in [1.29, 1.82) is 0 Å². The van der Waals surface area contributed by atoms with Crippen LogP contribution < -0.4 is 10.2 Å². The molecule has 3 aliphatic rings. The third kappa shape index (κ3) is 4.45. The molecular weight excluding hydrogens is 466 g/mol. The third-order valence-corrected chi connectivity index (χ3v) is 8.90. The highest BCUT2D eigenvalue weighted by Gasteiger charge is 2.45. The van der Waals surface area contributed by atoms with Crippen LogP contribution in [0.5, 0.6) is 0 Å². The number of aromatic nitrogens is 2. The number of anilines is 2. The molecule has 2 atom stereocenters. The van der Waals surface area contributed by atoms with Crippen molar-refractivity contribution in [2.24, 2.45) is 0 Å². The highest BCUT2D eigenvalue weighted by Crippen LogP contribution is 2.39. The summed E-state index contributed by atoms with van der Waals surface area (Å²) in [5.74, 6) is 1.68. The van der Waals surface area contributed by atoms with Gasteiger partial charge in [0.25, 0.3) is 0 Å². The van der Waals surface area contributed by atoms with Crippen LogP contribution >= 0.6 is 0 Å². The van der Waals surface area contributed by atoms with Crippen LogP contribution in [0.1, 0.15) is 36.9 Å². The number of piperidine rings is 2. The number of carbonyl (C=O) groups is 2. The highest BCUT2D eigenvalue weighted by molar-refractivity contribution is 7.91. The number of fused-ring (bicyclic) bond motifs is 1. The molecule has 0 radical (unpaired) electrons. The molecule has 10 heteroatoms. The fourth-order valence-electron chi connectivity index (χ4n) is 5.40. The van der Waals surface area contributed by atoms with Crippen LogP contribution in [0.15, 0.2) is 35.2 Å². The lowest BCUT2D eigenvalue weighted by molar-refractivity contribution is -0.148. The lowest BCUT2D eigenvalue weighted by Gasteiger charge is -2.40. The van der Waals surface area contributed by atoms with Gasteiger partial charge in [-0.05, 0) is 36.0 Å². The Hall–Kier alpha value is -2.85. The van der Waals surface area contributed by atoms with Crippen LogP contribution in [-0.4, -0.2) is 76.9 Å². The van der Waals surface area contributed by atoms with Crippen molar-refractivity contribution in [1.82, 2.24) is 14.9 Å². The van der Waals surface area contributed by atoms with Crippen molar-refractivity contribution in [3.63, 3.8) is 0 Å². The quantitative estimate of drug-likeness (QED) is 0.493. The van der Waals surface area contributed by atoms with E-state index in [0.717, 1.165) is 11.3 Å². The summed E-state index contributed by atoms with van der Waals surface area (Å²) >= 11 is -1.14. The maximum Gasteiger partial charge on any atom is 0.316 e. The molecule has 2 saturated heterocycles. The summed E-state index contributed by atoms with van der Waals surface area (Å²) in [6.45, 7) is 1.79. The SMILES string of the molecule is COC(=O)C1(c2ccccc2)CCN(c2nc3c(c(NC4CCC(=O)N(C)C4)n2)[S+]([O-])CC3)CC1. The number of likely N-dealkylation sites (tertiary alicyclic amines) is 1. The number of carbonyl (C=O) groups excluding carboxylic acids is 2. The van der Waals surface area contributed by atoms with Gasteiger partial charge < -0.3 is 24.4 Å². The summed E-state index contributed by atoms with van der Waals surface area (Å²) in [7, 11) is 3.25. The minimum atomic E-state index is -1.14. The van der Waals surface area contributed by atoms with Gasteiger partial charge in [-0.3, -0.25) is 9.59 Å². The maximum atomic E-state index is 12.9. The second-order valence-electron chi connectivity index (χ2n) is 9.53. The van der Waals surface area contributed by atoms with E-state index >= 15 is 0 Å². The first kappa shape index (κ1) is 23.9. The van der Waals surface area contributed by atoms with Gasteiger partial charge in [0.1, 0.15) is 11.4 Å². The molecule has 9 nitrogen and oxygen atoms in total. The second kappa shape index (κ2) is 9.66. The molecule has 0 aliphatic carbocycles. The predicted octanol–water partition coefficient (Wildman–Crippen LogP) is 1.88. The molecule has 2 fully saturated rings. The van der Waals surface area contributed by atoms with E-state index in [-0.39, 0.29) is 17.9 Å². The Morgan fingerprint density at radius 1 is 1.20 bits per heavy atom. The van der Waals surface area contributed by atoms with Crippen LogP contribution in [-0.2, 0) is 37.3 Å². The largest absolute Gasteiger partial charge is 0.611 e. The van der Waals surface area contributed by atoms with E-state index < -0.39 is 16.6 Å². The summed E-state index contributed by atoms with van der Waals surface area (Å²) in [5.41, 5.74) is 1.10. The standard InChI is InChI=1S/C25H31N5O4S/c1-29-16-18(8-9-20(29)31)26-22-21-19(10-15-35(21)33)27-24(28-22)30-13-11-25(12-14-30,23(32)34-2)17-6-4-3-5-7-17/h3-7,18H,8-16H2,1-2H3,(H,26,27,28). The first-order valence-electron chi connectivity index (χ1n) is 12.1. The Balaban J connectivity index is 1.39. The summed E-state index contributed by atoms with van der Waals surface area (Å²) in [4.78, 5) is 39.0. The molecule has 35 heavy (non-hydrogen) atoms. The number of amides is 1. The van der Waals surface area contributed by atoms with Crippen molar-refractivity contribution >= 4 is 34.8 Å². The minimum Gasteiger partial charge on any atom is -0.611 e. The molecule has 1 amide bonds. The van der Waals surface area contributed by atoms with Crippen LogP contribution in [0, 0.1) is 0 Å². The van der Waals surface area contributed by atoms with Gasteiger partial charge in [-0.15, -0.1) is 0 Å². The number of nitrogens with zero attached hydrogens (tertiary/aromatic N) is 4.